The third-order valence-electron chi connectivity index (χ3n) is 2.34. The van der Waals surface area contributed by atoms with E-state index >= 15 is 0 Å². The van der Waals surface area contributed by atoms with E-state index in [9.17, 15) is 13.2 Å². The van der Waals surface area contributed by atoms with Crippen molar-refractivity contribution in [3.8, 4) is 17.0 Å². The number of aromatic nitrogens is 1. The van der Waals surface area contributed by atoms with Gasteiger partial charge in [0.25, 0.3) is 0 Å². The second-order valence-electron chi connectivity index (χ2n) is 3.79. The number of hydrogen-bond acceptors (Lipinski definition) is 3. The minimum absolute atomic E-state index is 0.127. The number of rotatable bonds is 4. The molecule has 0 spiro atoms. The lowest BCUT2D eigenvalue weighted by atomic mass is 10.1. The molecule has 1 heterocycles. The van der Waals surface area contributed by atoms with Crippen LogP contribution in [0.15, 0.2) is 29.8 Å². The van der Waals surface area contributed by atoms with Gasteiger partial charge in [-0.25, -0.2) is 4.98 Å². The van der Waals surface area contributed by atoms with Crippen molar-refractivity contribution in [2.45, 2.75) is 16.5 Å². The minimum Gasteiger partial charge on any atom is -0.406 e. The SMILES string of the molecule is FC(F)(F)Oc1ccc(-c2ncsc2CC(Br)Br)cc1. The van der Waals surface area contributed by atoms with Crippen molar-refractivity contribution in [3.05, 3.63) is 34.7 Å². The lowest BCUT2D eigenvalue weighted by molar-refractivity contribution is -0.274. The molecule has 2 rings (SSSR count). The maximum Gasteiger partial charge on any atom is 0.573 e. The maximum atomic E-state index is 12.1. The quantitative estimate of drug-likeness (QED) is 0.608. The lowest BCUT2D eigenvalue weighted by Gasteiger charge is -2.09. The highest BCUT2D eigenvalue weighted by molar-refractivity contribution is 9.24. The topological polar surface area (TPSA) is 22.1 Å². The van der Waals surface area contributed by atoms with E-state index in [4.69, 9.17) is 0 Å². The lowest BCUT2D eigenvalue weighted by Crippen LogP contribution is -2.16. The van der Waals surface area contributed by atoms with Crippen molar-refractivity contribution in [2.24, 2.45) is 0 Å². The van der Waals surface area contributed by atoms with Gasteiger partial charge in [-0.1, -0.05) is 31.9 Å². The smallest absolute Gasteiger partial charge is 0.406 e. The third kappa shape index (κ3) is 4.46. The van der Waals surface area contributed by atoms with Crippen LogP contribution in [-0.2, 0) is 6.42 Å². The molecule has 20 heavy (non-hydrogen) atoms. The minimum atomic E-state index is -4.67. The summed E-state index contributed by atoms with van der Waals surface area (Å²) < 4.78 is 40.2. The van der Waals surface area contributed by atoms with Gasteiger partial charge in [-0.2, -0.15) is 0 Å². The molecule has 0 amide bonds. The van der Waals surface area contributed by atoms with Gasteiger partial charge in [0.1, 0.15) is 5.75 Å². The summed E-state index contributed by atoms with van der Waals surface area (Å²) in [7, 11) is 0. The Kier molecular flexibility index (Phi) is 5.09. The molecular weight excluding hydrogens is 423 g/mol. The molecule has 0 fully saturated rings. The molecule has 0 saturated heterocycles. The Morgan fingerprint density at radius 2 is 1.85 bits per heavy atom. The molecule has 0 radical (unpaired) electrons. The second kappa shape index (κ2) is 6.44. The Morgan fingerprint density at radius 3 is 2.40 bits per heavy atom. The van der Waals surface area contributed by atoms with Crippen LogP contribution in [0, 0.1) is 0 Å². The maximum absolute atomic E-state index is 12.1. The summed E-state index contributed by atoms with van der Waals surface area (Å²) in [5, 5.41) is 0. The molecule has 0 bridgehead atoms. The van der Waals surface area contributed by atoms with Crippen LogP contribution in [0.25, 0.3) is 11.3 Å². The van der Waals surface area contributed by atoms with Gasteiger partial charge in [0.15, 0.2) is 0 Å². The summed E-state index contributed by atoms with van der Waals surface area (Å²) in [5.74, 6) is -0.239. The molecule has 2 aromatic rings. The molecule has 1 aromatic carbocycles. The summed E-state index contributed by atoms with van der Waals surface area (Å²) >= 11 is 8.30. The zero-order chi connectivity index (χ0) is 14.8. The first-order valence-electron chi connectivity index (χ1n) is 5.42. The van der Waals surface area contributed by atoms with E-state index in [2.05, 4.69) is 41.6 Å². The molecule has 0 aliphatic carbocycles. The fraction of sp³-hybridized carbons (Fsp3) is 0.250. The van der Waals surface area contributed by atoms with Crippen molar-refractivity contribution in [1.29, 1.82) is 0 Å². The first-order valence-corrected chi connectivity index (χ1v) is 8.13. The highest BCUT2D eigenvalue weighted by atomic mass is 79.9. The Morgan fingerprint density at radius 1 is 1.20 bits per heavy atom. The molecule has 0 N–H and O–H groups in total. The normalized spacial score (nSPS) is 11.9. The van der Waals surface area contributed by atoms with E-state index in [-0.39, 0.29) is 9.49 Å². The van der Waals surface area contributed by atoms with Crippen molar-refractivity contribution >= 4 is 43.2 Å². The van der Waals surface area contributed by atoms with Crippen LogP contribution in [0.3, 0.4) is 0 Å². The largest absolute Gasteiger partial charge is 0.573 e. The zero-order valence-corrected chi connectivity index (χ0v) is 13.8. The van der Waals surface area contributed by atoms with Crippen LogP contribution in [0.5, 0.6) is 5.75 Å². The van der Waals surface area contributed by atoms with E-state index in [0.29, 0.717) is 0 Å². The van der Waals surface area contributed by atoms with E-state index in [1.54, 1.807) is 17.6 Å². The fourth-order valence-corrected chi connectivity index (χ4v) is 3.51. The van der Waals surface area contributed by atoms with Crippen molar-refractivity contribution < 1.29 is 17.9 Å². The van der Waals surface area contributed by atoms with Gasteiger partial charge in [0.2, 0.25) is 0 Å². The average molecular weight is 431 g/mol. The first kappa shape index (κ1) is 15.8. The average Bonchev–Trinajstić information content (AvgIpc) is 2.75. The number of ether oxygens (including phenoxy) is 1. The predicted octanol–water partition coefficient (Wildman–Crippen LogP) is 5.37. The second-order valence-corrected chi connectivity index (χ2v) is 8.17. The Bertz CT molecular complexity index is 569. The molecule has 108 valence electrons. The summed E-state index contributed by atoms with van der Waals surface area (Å²) in [4.78, 5) is 5.31. The van der Waals surface area contributed by atoms with Crippen LogP contribution >= 0.6 is 43.2 Å². The molecule has 8 heteroatoms. The highest BCUT2D eigenvalue weighted by Crippen LogP contribution is 2.31. The van der Waals surface area contributed by atoms with E-state index in [1.165, 1.54) is 23.5 Å². The number of hydrogen-bond donors (Lipinski definition) is 0. The van der Waals surface area contributed by atoms with Crippen molar-refractivity contribution in [2.75, 3.05) is 0 Å². The van der Waals surface area contributed by atoms with Gasteiger partial charge in [-0.05, 0) is 24.3 Å². The van der Waals surface area contributed by atoms with Gasteiger partial charge in [-0.3, -0.25) is 0 Å². The van der Waals surface area contributed by atoms with Gasteiger partial charge in [0, 0.05) is 16.9 Å². The monoisotopic (exact) mass is 429 g/mol. The molecular formula is C12H8Br2F3NOS. The molecule has 0 aliphatic heterocycles. The Labute approximate surface area is 134 Å². The number of benzene rings is 1. The fourth-order valence-electron chi connectivity index (χ4n) is 1.61. The first-order chi connectivity index (χ1) is 9.35. The van der Waals surface area contributed by atoms with Gasteiger partial charge < -0.3 is 4.74 Å². The standard InChI is InChI=1S/C12H8Br2F3NOS/c13-10(14)5-9-11(18-6-20-9)7-1-3-8(4-2-7)19-12(15,16)17/h1-4,6,10H,5H2. The van der Waals surface area contributed by atoms with Gasteiger partial charge in [0.05, 0.1) is 14.9 Å². The summed E-state index contributed by atoms with van der Waals surface area (Å²) in [5.41, 5.74) is 3.25. The molecule has 0 aliphatic rings. The number of halogens is 5. The van der Waals surface area contributed by atoms with Crippen molar-refractivity contribution in [3.63, 3.8) is 0 Å². The van der Waals surface area contributed by atoms with Crippen LogP contribution in [0.4, 0.5) is 13.2 Å². The summed E-state index contributed by atoms with van der Waals surface area (Å²) in [6.45, 7) is 0. The van der Waals surface area contributed by atoms with E-state index < -0.39 is 6.36 Å². The van der Waals surface area contributed by atoms with Crippen LogP contribution in [0.2, 0.25) is 0 Å². The van der Waals surface area contributed by atoms with E-state index in [0.717, 1.165) is 22.6 Å². The van der Waals surface area contributed by atoms with Gasteiger partial charge >= 0.3 is 6.36 Å². The molecule has 0 atom stereocenters. The number of nitrogens with zero attached hydrogens (tertiary/aromatic N) is 1. The molecule has 0 unspecified atom stereocenters. The van der Waals surface area contributed by atoms with Crippen molar-refractivity contribution in [1.82, 2.24) is 4.98 Å². The zero-order valence-electron chi connectivity index (χ0n) is 9.82. The van der Waals surface area contributed by atoms with Crippen LogP contribution in [-0.4, -0.2) is 15.1 Å². The summed E-state index contributed by atoms with van der Waals surface area (Å²) in [6.07, 6.45) is -3.94. The Hall–Kier alpha value is -0.600. The van der Waals surface area contributed by atoms with Crippen LogP contribution < -0.4 is 4.74 Å². The summed E-state index contributed by atoms with van der Waals surface area (Å²) in [6, 6.07) is 5.70. The third-order valence-corrected chi connectivity index (χ3v) is 3.84. The number of alkyl halides is 5. The molecule has 2 nitrogen and oxygen atoms in total. The van der Waals surface area contributed by atoms with Gasteiger partial charge in [-0.15, -0.1) is 24.5 Å². The highest BCUT2D eigenvalue weighted by Gasteiger charge is 2.31. The predicted molar refractivity (Wildman–Crippen MR) is 79.6 cm³/mol. The molecule has 0 saturated carbocycles. The number of thiazole rings is 1. The Balaban J connectivity index is 2.20. The van der Waals surface area contributed by atoms with E-state index in [1.807, 2.05) is 0 Å². The van der Waals surface area contributed by atoms with Crippen LogP contribution in [0.1, 0.15) is 4.88 Å². The molecule has 1 aromatic heterocycles.